The zero-order valence-corrected chi connectivity index (χ0v) is 9.24. The predicted molar refractivity (Wildman–Crippen MR) is 41.4 cm³/mol. The number of phosphoric acid groups is 1. The Morgan fingerprint density at radius 1 is 1.00 bits per heavy atom. The highest BCUT2D eigenvalue weighted by molar-refractivity contribution is 7.48. The lowest BCUT2D eigenvalue weighted by Gasteiger charge is -2.28. The van der Waals surface area contributed by atoms with Crippen LogP contribution in [0.3, 0.4) is 0 Å². The fourth-order valence-corrected chi connectivity index (χ4v) is 2.01. The Kier molecular flexibility index (Phi) is 4.03. The Labute approximate surface area is 95.6 Å². The molecule has 0 radical (unpaired) electrons. The van der Waals surface area contributed by atoms with Gasteiger partial charge in [0.15, 0.2) is 0 Å². The number of halogens is 7. The van der Waals surface area contributed by atoms with E-state index in [9.17, 15) is 35.3 Å². The maximum Gasteiger partial charge on any atom is 0.475 e. The van der Waals surface area contributed by atoms with Crippen molar-refractivity contribution in [2.45, 2.75) is 18.0 Å². The smallest absolute Gasteiger partial charge is 0.284 e. The number of hydrogen-bond acceptors (Lipinski definition) is 4. The van der Waals surface area contributed by atoms with Crippen LogP contribution in [-0.4, -0.2) is 37.8 Å². The molecule has 1 saturated heterocycles. The van der Waals surface area contributed by atoms with Crippen LogP contribution in [0.1, 0.15) is 0 Å². The summed E-state index contributed by atoms with van der Waals surface area (Å²) in [5.41, 5.74) is 0. The maximum absolute atomic E-state index is 12.7. The van der Waals surface area contributed by atoms with Crippen LogP contribution in [-0.2, 0) is 18.1 Å². The molecule has 18 heavy (non-hydrogen) atoms. The summed E-state index contributed by atoms with van der Waals surface area (Å²) in [6, 6.07) is 0. The summed E-state index contributed by atoms with van der Waals surface area (Å²) in [5.74, 6) is -11.9. The van der Waals surface area contributed by atoms with Crippen LogP contribution in [0.4, 0.5) is 30.7 Å². The van der Waals surface area contributed by atoms with Crippen LogP contribution < -0.4 is 0 Å². The van der Waals surface area contributed by atoms with Gasteiger partial charge < -0.3 is 0 Å². The van der Waals surface area contributed by atoms with Gasteiger partial charge in [-0.3, -0.25) is 13.6 Å². The van der Waals surface area contributed by atoms with Crippen molar-refractivity contribution < 1.29 is 48.9 Å². The lowest BCUT2D eigenvalue weighted by molar-refractivity contribution is -0.358. The minimum absolute atomic E-state index is 0.307. The highest BCUT2D eigenvalue weighted by Crippen LogP contribution is 2.55. The van der Waals surface area contributed by atoms with Crippen molar-refractivity contribution in [2.75, 3.05) is 19.8 Å². The fraction of sp³-hybridized carbons (Fsp3) is 1.00. The van der Waals surface area contributed by atoms with E-state index in [0.717, 1.165) is 0 Å². The molecular weight excluding hydrogens is 300 g/mol. The van der Waals surface area contributed by atoms with Crippen molar-refractivity contribution in [1.29, 1.82) is 0 Å². The third kappa shape index (κ3) is 2.95. The van der Waals surface area contributed by atoms with Gasteiger partial charge in [-0.2, -0.15) is 30.7 Å². The summed E-state index contributed by atoms with van der Waals surface area (Å²) < 4.78 is 108. The van der Waals surface area contributed by atoms with Crippen LogP contribution in [0.2, 0.25) is 0 Å². The molecule has 1 rings (SSSR count). The van der Waals surface area contributed by atoms with E-state index in [-0.39, 0.29) is 13.2 Å². The first-order valence-electron chi connectivity index (χ1n) is 4.27. The number of rotatable bonds is 4. The van der Waals surface area contributed by atoms with Crippen LogP contribution in [0, 0.1) is 0 Å². The van der Waals surface area contributed by atoms with Crippen molar-refractivity contribution in [2.24, 2.45) is 0 Å². The second kappa shape index (κ2) is 4.62. The maximum atomic E-state index is 12.7. The topological polar surface area (TPSA) is 44.8 Å². The normalized spacial score (nSPS) is 21.3. The van der Waals surface area contributed by atoms with E-state index in [2.05, 4.69) is 13.6 Å². The minimum Gasteiger partial charge on any atom is -0.284 e. The summed E-state index contributed by atoms with van der Waals surface area (Å²) in [5, 5.41) is 0. The van der Waals surface area contributed by atoms with Gasteiger partial charge >= 0.3 is 25.8 Å². The van der Waals surface area contributed by atoms with Gasteiger partial charge in [0.25, 0.3) is 0 Å². The second-order valence-electron chi connectivity index (χ2n) is 3.16. The monoisotopic (exact) mass is 306 g/mol. The molecule has 4 nitrogen and oxygen atoms in total. The van der Waals surface area contributed by atoms with Gasteiger partial charge in [-0.05, 0) is 0 Å². The van der Waals surface area contributed by atoms with E-state index in [0.29, 0.717) is 0 Å². The fourth-order valence-electron chi connectivity index (χ4n) is 0.868. The third-order valence-corrected chi connectivity index (χ3v) is 3.24. The standard InChI is InChI=1S/C6H6F7O4P/c7-4(8,5(9,10)6(11,12)13)3-17-18(14)15-1-2-16-18/h1-3H2. The summed E-state index contributed by atoms with van der Waals surface area (Å²) >= 11 is 0. The first kappa shape index (κ1) is 15.7. The third-order valence-electron chi connectivity index (χ3n) is 1.80. The Morgan fingerprint density at radius 2 is 1.44 bits per heavy atom. The van der Waals surface area contributed by atoms with Crippen LogP contribution >= 0.6 is 7.82 Å². The average Bonchev–Trinajstić information content (AvgIpc) is 2.61. The molecule has 0 N–H and O–H groups in total. The van der Waals surface area contributed by atoms with Crippen molar-refractivity contribution in [1.82, 2.24) is 0 Å². The molecule has 0 bridgehead atoms. The summed E-state index contributed by atoms with van der Waals surface area (Å²) in [6.07, 6.45) is -6.47. The van der Waals surface area contributed by atoms with Crippen molar-refractivity contribution in [3.8, 4) is 0 Å². The van der Waals surface area contributed by atoms with Gasteiger partial charge in [0.05, 0.1) is 13.2 Å². The summed E-state index contributed by atoms with van der Waals surface area (Å²) in [6.45, 7) is -3.06. The highest BCUT2D eigenvalue weighted by Gasteiger charge is 2.73. The molecule has 12 heteroatoms. The van der Waals surface area contributed by atoms with Crippen LogP contribution in [0.25, 0.3) is 0 Å². The van der Waals surface area contributed by atoms with Gasteiger partial charge in [0.2, 0.25) is 0 Å². The highest BCUT2D eigenvalue weighted by atomic mass is 31.2. The zero-order chi connectivity index (χ0) is 14.2. The second-order valence-corrected chi connectivity index (χ2v) is 4.83. The van der Waals surface area contributed by atoms with Gasteiger partial charge in [0, 0.05) is 0 Å². The number of alkyl halides is 7. The van der Waals surface area contributed by atoms with E-state index in [1.807, 2.05) is 0 Å². The molecule has 0 aromatic heterocycles. The minimum atomic E-state index is -6.47. The van der Waals surface area contributed by atoms with E-state index >= 15 is 0 Å². The lowest BCUT2D eigenvalue weighted by atomic mass is 10.2. The average molecular weight is 306 g/mol. The SMILES string of the molecule is O=P1(OCC(F)(F)C(F)(F)C(F)(F)F)OCCO1. The Hall–Kier alpha value is -0.380. The lowest BCUT2D eigenvalue weighted by Crippen LogP contribution is -2.54. The van der Waals surface area contributed by atoms with Gasteiger partial charge in [-0.15, -0.1) is 0 Å². The molecule has 0 saturated carbocycles. The van der Waals surface area contributed by atoms with Crippen LogP contribution in [0.15, 0.2) is 0 Å². The summed E-state index contributed by atoms with van der Waals surface area (Å²) in [4.78, 5) is 0. The molecular formula is C6H6F7O4P. The molecule has 0 unspecified atom stereocenters. The van der Waals surface area contributed by atoms with Gasteiger partial charge in [-0.25, -0.2) is 4.57 Å². The Bertz CT molecular complexity index is 344. The van der Waals surface area contributed by atoms with Gasteiger partial charge in [0.1, 0.15) is 6.61 Å². The molecule has 108 valence electrons. The first-order chi connectivity index (χ1) is 7.91. The predicted octanol–water partition coefficient (Wildman–Crippen LogP) is 2.99. The molecule has 0 aromatic rings. The Balaban J connectivity index is 2.73. The van der Waals surface area contributed by atoms with E-state index < -0.39 is 32.5 Å². The quantitative estimate of drug-likeness (QED) is 0.591. The molecule has 0 atom stereocenters. The van der Waals surface area contributed by atoms with Crippen molar-refractivity contribution in [3.63, 3.8) is 0 Å². The molecule has 1 heterocycles. The van der Waals surface area contributed by atoms with Crippen molar-refractivity contribution in [3.05, 3.63) is 0 Å². The molecule has 0 aliphatic carbocycles. The number of phosphoric ester groups is 1. The van der Waals surface area contributed by atoms with E-state index in [4.69, 9.17) is 0 Å². The Morgan fingerprint density at radius 3 is 1.83 bits per heavy atom. The largest absolute Gasteiger partial charge is 0.475 e. The zero-order valence-electron chi connectivity index (χ0n) is 8.35. The molecule has 1 aliphatic heterocycles. The van der Waals surface area contributed by atoms with Crippen molar-refractivity contribution >= 4 is 7.82 Å². The molecule has 1 aliphatic rings. The molecule has 0 spiro atoms. The number of hydrogen-bond donors (Lipinski definition) is 0. The van der Waals surface area contributed by atoms with E-state index in [1.54, 1.807) is 0 Å². The molecule has 0 aromatic carbocycles. The van der Waals surface area contributed by atoms with Crippen LogP contribution in [0.5, 0.6) is 0 Å². The first-order valence-corrected chi connectivity index (χ1v) is 5.73. The molecule has 0 amide bonds. The van der Waals surface area contributed by atoms with Gasteiger partial charge in [-0.1, -0.05) is 0 Å². The van der Waals surface area contributed by atoms with E-state index in [1.165, 1.54) is 0 Å². The summed E-state index contributed by atoms with van der Waals surface area (Å²) in [7, 11) is -4.47. The molecule has 1 fully saturated rings.